The number of anilines is 2. The van der Waals surface area contributed by atoms with Crippen LogP contribution >= 0.6 is 23.2 Å². The third-order valence-electron chi connectivity index (χ3n) is 11.3. The number of nitrogens with zero attached hydrogens (tertiary/aromatic N) is 6. The molecule has 3 saturated heterocycles. The fraction of sp³-hybridized carbons (Fsp3) is 0.325. The van der Waals surface area contributed by atoms with Gasteiger partial charge in [0.2, 0.25) is 21.8 Å². The lowest BCUT2D eigenvalue weighted by Crippen LogP contribution is -2.73. The molecule has 4 amide bonds. The summed E-state index contributed by atoms with van der Waals surface area (Å²) in [5.41, 5.74) is 3.57. The second kappa shape index (κ2) is 14.9. The minimum atomic E-state index is -3.52. The van der Waals surface area contributed by atoms with Gasteiger partial charge in [0.15, 0.2) is 0 Å². The largest absolute Gasteiger partial charge is 0.486 e. The summed E-state index contributed by atoms with van der Waals surface area (Å²) in [5.74, 6) is -1.03. The minimum Gasteiger partial charge on any atom is -0.486 e. The molecule has 0 saturated carbocycles. The molecule has 2 atom stereocenters. The molecule has 4 aliphatic heterocycles. The van der Waals surface area contributed by atoms with Crippen molar-refractivity contribution in [2.24, 2.45) is 5.41 Å². The molecule has 2 aromatic carbocycles. The van der Waals surface area contributed by atoms with Gasteiger partial charge in [-0.3, -0.25) is 39.5 Å². The summed E-state index contributed by atoms with van der Waals surface area (Å²) in [6, 6.07) is 13.3. The van der Waals surface area contributed by atoms with Crippen LogP contribution in [0.4, 0.5) is 11.5 Å². The molecule has 5 aromatic rings. The van der Waals surface area contributed by atoms with Crippen LogP contribution in [0.25, 0.3) is 22.2 Å². The second-order valence-electron chi connectivity index (χ2n) is 15.4. The molecule has 3 fully saturated rings. The van der Waals surface area contributed by atoms with Gasteiger partial charge in [0, 0.05) is 85.4 Å². The number of fused-ring (bicyclic) bond motifs is 2. The Hall–Kier alpha value is -5.62. The highest BCUT2D eigenvalue weighted by molar-refractivity contribution is 7.89. The number of sulfonamides is 1. The van der Waals surface area contributed by atoms with Crippen molar-refractivity contribution in [1.82, 2.24) is 34.7 Å². The zero-order valence-corrected chi connectivity index (χ0v) is 33.9. The number of rotatable bonds is 12. The van der Waals surface area contributed by atoms with E-state index in [1.54, 1.807) is 18.3 Å². The lowest BCUT2D eigenvalue weighted by Gasteiger charge is -2.59. The summed E-state index contributed by atoms with van der Waals surface area (Å²) in [4.78, 5) is 62.3. The maximum Gasteiger partial charge on any atom is 0.264 e. The first kappa shape index (κ1) is 38.9. The van der Waals surface area contributed by atoms with Gasteiger partial charge in [-0.05, 0) is 62.2 Å². The fourth-order valence-electron chi connectivity index (χ4n) is 8.37. The maximum absolute atomic E-state index is 13.4. The molecule has 304 valence electrons. The third-order valence-corrected chi connectivity index (χ3v) is 13.8. The smallest absolute Gasteiger partial charge is 0.264 e. The zero-order chi connectivity index (χ0) is 41.2. The van der Waals surface area contributed by atoms with Crippen LogP contribution in [0.15, 0.2) is 67.1 Å². The van der Waals surface area contributed by atoms with Gasteiger partial charge in [-0.1, -0.05) is 29.3 Å². The first-order valence-electron chi connectivity index (χ1n) is 19.0. The molecule has 0 radical (unpaired) electrons. The molecule has 1 spiro atoms. The monoisotopic (exact) mass is 857 g/mol. The molecule has 16 nitrogen and oxygen atoms in total. The Kier molecular flexibility index (Phi) is 9.81. The van der Waals surface area contributed by atoms with Gasteiger partial charge < -0.3 is 15.0 Å². The van der Waals surface area contributed by atoms with Crippen LogP contribution in [0.1, 0.15) is 58.6 Å². The highest BCUT2D eigenvalue weighted by atomic mass is 35.5. The average Bonchev–Trinajstić information content (AvgIpc) is 3.70. The zero-order valence-electron chi connectivity index (χ0n) is 31.6. The molecule has 0 bridgehead atoms. The van der Waals surface area contributed by atoms with E-state index in [1.165, 1.54) is 22.8 Å². The van der Waals surface area contributed by atoms with Gasteiger partial charge in [0.05, 0.1) is 32.4 Å². The lowest BCUT2D eigenvalue weighted by atomic mass is 9.74. The Morgan fingerprint density at radius 2 is 1.76 bits per heavy atom. The van der Waals surface area contributed by atoms with E-state index in [2.05, 4.69) is 30.7 Å². The van der Waals surface area contributed by atoms with Gasteiger partial charge in [0.1, 0.15) is 29.4 Å². The number of nitrogens with one attached hydrogen (secondary N) is 3. The summed E-state index contributed by atoms with van der Waals surface area (Å²) in [5, 5.41) is 14.6. The van der Waals surface area contributed by atoms with E-state index in [1.807, 2.05) is 37.3 Å². The summed E-state index contributed by atoms with van der Waals surface area (Å²) in [7, 11) is -3.52. The molecule has 7 heterocycles. The third kappa shape index (κ3) is 7.04. The van der Waals surface area contributed by atoms with Gasteiger partial charge in [0.25, 0.3) is 11.8 Å². The van der Waals surface area contributed by atoms with E-state index in [9.17, 15) is 27.6 Å². The second-order valence-corrected chi connectivity index (χ2v) is 18.3. The molecule has 19 heteroatoms. The molecule has 3 N–H and O–H groups in total. The van der Waals surface area contributed by atoms with E-state index < -0.39 is 45.8 Å². The van der Waals surface area contributed by atoms with Crippen molar-refractivity contribution < 1.29 is 32.3 Å². The fourth-order valence-corrected chi connectivity index (χ4v) is 10.7. The topological polar surface area (TPSA) is 200 Å². The number of ether oxygens (including phenoxy) is 1. The van der Waals surface area contributed by atoms with Gasteiger partial charge >= 0.3 is 0 Å². The molecule has 4 aliphatic rings. The summed E-state index contributed by atoms with van der Waals surface area (Å²) < 4.78 is 34.2. The molecular weight excluding hydrogens is 821 g/mol. The number of hydrogen-bond acceptors (Lipinski definition) is 12. The molecule has 0 aliphatic carbocycles. The highest BCUT2D eigenvalue weighted by Crippen LogP contribution is 2.43. The van der Waals surface area contributed by atoms with Crippen molar-refractivity contribution in [3.05, 3.63) is 93.9 Å². The van der Waals surface area contributed by atoms with Crippen molar-refractivity contribution in [2.45, 2.75) is 38.3 Å². The number of halogens is 2. The SMILES string of the molecule is C[C@@H](Oc1ccc2[nH]nc(-c3ccc(N4CC5(C4)CN(S(=O)(=O)CCCNc4cccc6c4C(=O)N(C4CCC(=O)NC4=O)C6=O)C5)nc3)c2c1)c1c(Cl)cncc1Cl. The standard InChI is InChI=1S/C40H37Cl2N9O7S/c1-22(34-27(41)16-43-17-28(34)42)58-24-7-8-29-26(14-24)36(48-47-29)23-6-10-32(45-15-23)49-18-40(19-49)20-50(21-40)59(56,57)13-3-12-44-30-5-2-4-25-35(30)39(55)51(38(25)54)31-9-11-33(52)46-37(31)53/h2,4-8,10,14-17,22,31,44H,3,9,11-13,18-21H2,1H3,(H,47,48)(H,46,52,53)/t22-,31?/m1/s1. The predicted molar refractivity (Wildman–Crippen MR) is 219 cm³/mol. The Bertz CT molecular complexity index is 2640. The van der Waals surface area contributed by atoms with Crippen LogP contribution in [0.5, 0.6) is 5.75 Å². The van der Waals surface area contributed by atoms with Crippen LogP contribution in [0.3, 0.4) is 0 Å². The number of H-pyrrole nitrogens is 1. The van der Waals surface area contributed by atoms with Crippen LogP contribution in [-0.2, 0) is 19.6 Å². The highest BCUT2D eigenvalue weighted by Gasteiger charge is 2.55. The van der Waals surface area contributed by atoms with E-state index >= 15 is 0 Å². The van der Waals surface area contributed by atoms with Gasteiger partial charge in [-0.15, -0.1) is 0 Å². The van der Waals surface area contributed by atoms with Crippen LogP contribution in [-0.4, -0.2) is 106 Å². The van der Waals surface area contributed by atoms with Crippen molar-refractivity contribution in [1.29, 1.82) is 0 Å². The van der Waals surface area contributed by atoms with Crippen molar-refractivity contribution in [2.75, 3.05) is 48.7 Å². The Labute approximate surface area is 348 Å². The lowest BCUT2D eigenvalue weighted by molar-refractivity contribution is -0.136. The van der Waals surface area contributed by atoms with Crippen molar-refractivity contribution >= 4 is 79.3 Å². The van der Waals surface area contributed by atoms with Gasteiger partial charge in [-0.25, -0.2) is 17.7 Å². The maximum atomic E-state index is 13.4. The van der Waals surface area contributed by atoms with E-state index in [4.69, 9.17) is 32.9 Å². The normalized spacial score (nSPS) is 19.4. The number of carbonyl (C=O) groups excluding carboxylic acids is 4. The number of hydrogen-bond donors (Lipinski definition) is 3. The average molecular weight is 859 g/mol. The molecule has 9 rings (SSSR count). The first-order valence-corrected chi connectivity index (χ1v) is 21.4. The van der Waals surface area contributed by atoms with E-state index in [0.29, 0.717) is 53.2 Å². The van der Waals surface area contributed by atoms with Crippen molar-refractivity contribution in [3.8, 4) is 17.0 Å². The summed E-state index contributed by atoms with van der Waals surface area (Å²) >= 11 is 12.7. The van der Waals surface area contributed by atoms with Crippen molar-refractivity contribution in [3.63, 3.8) is 0 Å². The number of piperidine rings is 1. The molecular formula is C40H37Cl2N9O7S. The molecule has 3 aromatic heterocycles. The number of imide groups is 2. The van der Waals surface area contributed by atoms with Crippen LogP contribution < -0.4 is 20.3 Å². The Morgan fingerprint density at radius 3 is 2.49 bits per heavy atom. The predicted octanol–water partition coefficient (Wildman–Crippen LogP) is 4.82. The number of benzene rings is 2. The Balaban J connectivity index is 0.763. The summed E-state index contributed by atoms with van der Waals surface area (Å²) in [6.07, 6.45) is 4.77. The van der Waals surface area contributed by atoms with Crippen LogP contribution in [0.2, 0.25) is 10.0 Å². The number of aromatic nitrogens is 4. The molecule has 1 unspecified atom stereocenters. The van der Waals surface area contributed by atoms with E-state index in [0.717, 1.165) is 32.9 Å². The number of aromatic amines is 1. The quantitative estimate of drug-likeness (QED) is 0.114. The number of pyridine rings is 2. The molecule has 59 heavy (non-hydrogen) atoms. The van der Waals surface area contributed by atoms with Crippen LogP contribution in [0, 0.1) is 5.41 Å². The number of carbonyl (C=O) groups is 4. The number of amides is 4. The van der Waals surface area contributed by atoms with Gasteiger partial charge in [-0.2, -0.15) is 5.10 Å². The Morgan fingerprint density at radius 1 is 0.983 bits per heavy atom. The van der Waals surface area contributed by atoms with E-state index in [-0.39, 0.29) is 48.1 Å². The first-order chi connectivity index (χ1) is 28.3. The summed E-state index contributed by atoms with van der Waals surface area (Å²) in [6.45, 7) is 4.34. The minimum absolute atomic E-state index is 0.0258.